The Bertz CT molecular complexity index is 658. The third-order valence-corrected chi connectivity index (χ3v) is 3.50. The van der Waals surface area contributed by atoms with E-state index >= 15 is 0 Å². The van der Waals surface area contributed by atoms with E-state index in [0.29, 0.717) is 15.3 Å². The van der Waals surface area contributed by atoms with Crippen LogP contribution in [0.15, 0.2) is 28.1 Å². The highest BCUT2D eigenvalue weighted by atomic mass is 79.9. The Morgan fingerprint density at radius 2 is 2.26 bits per heavy atom. The van der Waals surface area contributed by atoms with Crippen LogP contribution < -0.4 is 11.1 Å². The van der Waals surface area contributed by atoms with Crippen LogP contribution in [-0.2, 0) is 0 Å². The molecule has 1 heterocycles. The monoisotopic (exact) mass is 342 g/mol. The zero-order chi connectivity index (χ0) is 14.0. The highest BCUT2D eigenvalue weighted by Crippen LogP contribution is 2.27. The molecule has 1 amide bonds. The Balaban J connectivity index is 2.20. The summed E-state index contributed by atoms with van der Waals surface area (Å²) >= 11 is 4.32. The number of aromatic nitrogens is 1. The Labute approximate surface area is 119 Å². The Morgan fingerprint density at radius 1 is 1.53 bits per heavy atom. The quantitative estimate of drug-likeness (QED) is 0.657. The first-order valence-electron chi connectivity index (χ1n) is 4.93. The van der Waals surface area contributed by atoms with E-state index in [0.717, 1.165) is 11.3 Å². The maximum Gasteiger partial charge on any atom is 0.275 e. The van der Waals surface area contributed by atoms with Gasteiger partial charge in [0, 0.05) is 22.0 Å². The predicted octanol–water partition coefficient (Wildman–Crippen LogP) is 2.65. The number of nitro benzene ring substituents is 1. The minimum Gasteiger partial charge on any atom is -0.375 e. The molecule has 0 radical (unpaired) electrons. The first-order chi connectivity index (χ1) is 8.97. The number of carbonyl (C=O) groups is 1. The molecule has 0 aliphatic heterocycles. The van der Waals surface area contributed by atoms with Gasteiger partial charge in [-0.25, -0.2) is 4.98 Å². The molecule has 0 fully saturated rings. The number of hydrogen-bond acceptors (Lipinski definition) is 6. The largest absolute Gasteiger partial charge is 0.375 e. The van der Waals surface area contributed by atoms with Crippen LogP contribution in [0.3, 0.4) is 0 Å². The SMILES string of the molecule is Nc1nc(C(=O)Nc2ccc([N+](=O)[O-])cc2Br)cs1. The van der Waals surface area contributed by atoms with Gasteiger partial charge in [-0.3, -0.25) is 14.9 Å². The third kappa shape index (κ3) is 3.06. The van der Waals surface area contributed by atoms with Gasteiger partial charge in [-0.15, -0.1) is 11.3 Å². The molecule has 0 unspecified atom stereocenters. The van der Waals surface area contributed by atoms with E-state index in [2.05, 4.69) is 26.2 Å². The number of thiazole rings is 1. The van der Waals surface area contributed by atoms with Crippen molar-refractivity contribution in [2.75, 3.05) is 11.1 Å². The molecule has 0 spiro atoms. The molecule has 0 aliphatic rings. The summed E-state index contributed by atoms with van der Waals surface area (Å²) in [6.07, 6.45) is 0. The number of non-ortho nitro benzene ring substituents is 1. The molecule has 2 aromatic rings. The molecule has 0 saturated carbocycles. The minimum absolute atomic E-state index is 0.0669. The second-order valence-corrected chi connectivity index (χ2v) is 5.19. The lowest BCUT2D eigenvalue weighted by Gasteiger charge is -2.05. The zero-order valence-corrected chi connectivity index (χ0v) is 11.7. The molecule has 7 nitrogen and oxygen atoms in total. The summed E-state index contributed by atoms with van der Waals surface area (Å²) < 4.78 is 0.415. The van der Waals surface area contributed by atoms with Crippen LogP contribution in [0.2, 0.25) is 0 Å². The fourth-order valence-corrected chi connectivity index (χ4v) is 2.31. The number of nitrogens with two attached hydrogens (primary N) is 1. The van der Waals surface area contributed by atoms with Crippen molar-refractivity contribution in [1.82, 2.24) is 4.98 Å². The highest BCUT2D eigenvalue weighted by molar-refractivity contribution is 9.10. The number of amides is 1. The van der Waals surface area contributed by atoms with E-state index in [9.17, 15) is 14.9 Å². The highest BCUT2D eigenvalue weighted by Gasteiger charge is 2.14. The second-order valence-electron chi connectivity index (χ2n) is 3.45. The van der Waals surface area contributed by atoms with Crippen LogP contribution >= 0.6 is 27.3 Å². The smallest absolute Gasteiger partial charge is 0.275 e. The van der Waals surface area contributed by atoms with Crippen molar-refractivity contribution in [1.29, 1.82) is 0 Å². The number of rotatable bonds is 3. The van der Waals surface area contributed by atoms with Crippen LogP contribution in [0.4, 0.5) is 16.5 Å². The number of nitrogen functional groups attached to an aromatic ring is 1. The van der Waals surface area contributed by atoms with E-state index in [1.54, 1.807) is 0 Å². The zero-order valence-electron chi connectivity index (χ0n) is 9.29. The number of carbonyl (C=O) groups excluding carboxylic acids is 1. The lowest BCUT2D eigenvalue weighted by atomic mass is 10.3. The summed E-state index contributed by atoms with van der Waals surface area (Å²) in [7, 11) is 0. The van der Waals surface area contributed by atoms with E-state index in [4.69, 9.17) is 5.73 Å². The fourth-order valence-electron chi connectivity index (χ4n) is 1.30. The van der Waals surface area contributed by atoms with E-state index in [-0.39, 0.29) is 11.4 Å². The first-order valence-corrected chi connectivity index (χ1v) is 6.61. The van der Waals surface area contributed by atoms with Gasteiger partial charge >= 0.3 is 0 Å². The predicted molar refractivity (Wildman–Crippen MR) is 75.3 cm³/mol. The normalized spacial score (nSPS) is 10.2. The summed E-state index contributed by atoms with van der Waals surface area (Å²) in [6, 6.07) is 4.05. The summed E-state index contributed by atoms with van der Waals surface area (Å²) in [5.41, 5.74) is 5.99. The number of benzene rings is 1. The van der Waals surface area contributed by atoms with Crippen molar-refractivity contribution in [3.05, 3.63) is 43.9 Å². The van der Waals surface area contributed by atoms with Crippen LogP contribution in [0.1, 0.15) is 10.5 Å². The lowest BCUT2D eigenvalue weighted by Crippen LogP contribution is -2.12. The van der Waals surface area contributed by atoms with Gasteiger partial charge in [0.2, 0.25) is 0 Å². The first kappa shape index (κ1) is 13.4. The number of nitrogens with one attached hydrogen (secondary N) is 1. The van der Waals surface area contributed by atoms with E-state index < -0.39 is 10.8 Å². The standard InChI is InChI=1S/C10H7BrN4O3S/c11-6-3-5(15(17)18)1-2-7(6)13-9(16)8-4-19-10(12)14-8/h1-4H,(H2,12,14)(H,13,16). The van der Waals surface area contributed by atoms with Crippen LogP contribution in [0.5, 0.6) is 0 Å². The molecule has 1 aromatic heterocycles. The number of hydrogen-bond donors (Lipinski definition) is 2. The molecular weight excluding hydrogens is 336 g/mol. The van der Waals surface area contributed by atoms with Gasteiger partial charge in [0.25, 0.3) is 11.6 Å². The van der Waals surface area contributed by atoms with Crippen molar-refractivity contribution in [2.24, 2.45) is 0 Å². The minimum atomic E-state index is -0.516. The molecule has 1 aromatic carbocycles. The molecule has 0 atom stereocenters. The maximum atomic E-state index is 11.8. The molecule has 2 rings (SSSR count). The van der Waals surface area contributed by atoms with Gasteiger partial charge in [-0.1, -0.05) is 0 Å². The van der Waals surface area contributed by atoms with Gasteiger partial charge < -0.3 is 11.1 Å². The molecule has 0 bridgehead atoms. The lowest BCUT2D eigenvalue weighted by molar-refractivity contribution is -0.384. The Kier molecular flexibility index (Phi) is 3.76. The van der Waals surface area contributed by atoms with Crippen LogP contribution in [-0.4, -0.2) is 15.8 Å². The molecule has 3 N–H and O–H groups in total. The molecular formula is C10H7BrN4O3S. The molecule has 98 valence electrons. The summed E-state index contributed by atoms with van der Waals surface area (Å²) in [4.78, 5) is 25.7. The third-order valence-electron chi connectivity index (χ3n) is 2.17. The van der Waals surface area contributed by atoms with Crippen LogP contribution in [0.25, 0.3) is 0 Å². The number of anilines is 2. The van der Waals surface area contributed by atoms with Gasteiger partial charge in [0.05, 0.1) is 10.6 Å². The van der Waals surface area contributed by atoms with Crippen molar-refractivity contribution in [3.8, 4) is 0 Å². The van der Waals surface area contributed by atoms with E-state index in [1.165, 1.54) is 23.6 Å². The molecule has 19 heavy (non-hydrogen) atoms. The average Bonchev–Trinajstić information content (AvgIpc) is 2.78. The number of nitrogens with zero attached hydrogens (tertiary/aromatic N) is 2. The van der Waals surface area contributed by atoms with Gasteiger partial charge in [0.15, 0.2) is 5.13 Å². The molecule has 0 saturated heterocycles. The average molecular weight is 343 g/mol. The number of halogens is 1. The fraction of sp³-hybridized carbons (Fsp3) is 0. The Hall–Kier alpha value is -2.00. The summed E-state index contributed by atoms with van der Waals surface area (Å²) in [5.74, 6) is -0.428. The molecule has 9 heteroatoms. The molecule has 0 aliphatic carbocycles. The summed E-state index contributed by atoms with van der Waals surface area (Å²) in [6.45, 7) is 0. The number of nitro groups is 1. The van der Waals surface area contributed by atoms with Gasteiger partial charge in [0.1, 0.15) is 5.69 Å². The second kappa shape index (κ2) is 5.33. The van der Waals surface area contributed by atoms with Crippen molar-refractivity contribution in [2.45, 2.75) is 0 Å². The van der Waals surface area contributed by atoms with Crippen molar-refractivity contribution < 1.29 is 9.72 Å². The van der Waals surface area contributed by atoms with Gasteiger partial charge in [-0.2, -0.15) is 0 Å². The van der Waals surface area contributed by atoms with Crippen LogP contribution in [0, 0.1) is 10.1 Å². The van der Waals surface area contributed by atoms with Crippen molar-refractivity contribution >= 4 is 49.7 Å². The van der Waals surface area contributed by atoms with Crippen molar-refractivity contribution in [3.63, 3.8) is 0 Å². The Morgan fingerprint density at radius 3 is 2.79 bits per heavy atom. The maximum absolute atomic E-state index is 11.8. The summed E-state index contributed by atoms with van der Waals surface area (Å²) in [5, 5.41) is 15.0. The van der Waals surface area contributed by atoms with E-state index in [1.807, 2.05) is 0 Å². The van der Waals surface area contributed by atoms with Gasteiger partial charge in [-0.05, 0) is 22.0 Å². The topological polar surface area (TPSA) is 111 Å².